The Morgan fingerprint density at radius 2 is 1.81 bits per heavy atom. The molecule has 0 aromatic heterocycles. The normalized spacial score (nSPS) is 17.5. The van der Waals surface area contributed by atoms with Gasteiger partial charge in [0.15, 0.2) is 0 Å². The molecule has 0 fully saturated rings. The van der Waals surface area contributed by atoms with Crippen LogP contribution in [0.15, 0.2) is 24.3 Å². The topological polar surface area (TPSA) is 32.3 Å². The third kappa shape index (κ3) is 4.23. The van der Waals surface area contributed by atoms with E-state index in [2.05, 4.69) is 51.2 Å². The molecule has 1 unspecified atom stereocenters. The molecule has 1 aliphatic heterocycles. The largest absolute Gasteiger partial charge is 0.373 e. The minimum Gasteiger partial charge on any atom is -0.373 e. The lowest BCUT2D eigenvalue weighted by Gasteiger charge is -2.33. The highest BCUT2D eigenvalue weighted by molar-refractivity contribution is 5.85. The minimum atomic E-state index is -0.0719. The molecule has 0 saturated carbocycles. The average Bonchev–Trinajstić information content (AvgIpc) is 2.44. The standard InChI is InChI=1S/C18H28N2O/c1-13(2)11-20(12-14(3)4)18(21)17-10-9-15-7-5-6-8-16(15)19-17/h5-8,13-14,17,19H,9-12H2,1-4H3. The number of amides is 1. The summed E-state index contributed by atoms with van der Waals surface area (Å²) in [4.78, 5) is 14.9. The first-order chi connectivity index (χ1) is 9.97. The van der Waals surface area contributed by atoms with Crippen LogP contribution in [0.25, 0.3) is 0 Å². The second-order valence-corrected chi connectivity index (χ2v) is 6.92. The molecule has 1 aromatic carbocycles. The van der Waals surface area contributed by atoms with E-state index in [4.69, 9.17) is 0 Å². The fourth-order valence-corrected chi connectivity index (χ4v) is 2.98. The first-order valence-corrected chi connectivity index (χ1v) is 8.10. The van der Waals surface area contributed by atoms with Crippen molar-refractivity contribution in [2.45, 2.75) is 46.6 Å². The Morgan fingerprint density at radius 3 is 2.43 bits per heavy atom. The third-order valence-electron chi connectivity index (χ3n) is 3.83. The lowest BCUT2D eigenvalue weighted by atomic mass is 9.97. The molecule has 0 radical (unpaired) electrons. The van der Waals surface area contributed by atoms with Gasteiger partial charge in [0.25, 0.3) is 0 Å². The van der Waals surface area contributed by atoms with Crippen molar-refractivity contribution in [3.63, 3.8) is 0 Å². The van der Waals surface area contributed by atoms with Gasteiger partial charge in [0.2, 0.25) is 5.91 Å². The molecule has 1 aliphatic rings. The van der Waals surface area contributed by atoms with Gasteiger partial charge < -0.3 is 10.2 Å². The zero-order valence-electron chi connectivity index (χ0n) is 13.7. The van der Waals surface area contributed by atoms with E-state index in [0.29, 0.717) is 11.8 Å². The summed E-state index contributed by atoms with van der Waals surface area (Å²) < 4.78 is 0. The fourth-order valence-electron chi connectivity index (χ4n) is 2.98. The van der Waals surface area contributed by atoms with Gasteiger partial charge in [-0.15, -0.1) is 0 Å². The van der Waals surface area contributed by atoms with Crippen LogP contribution in [0.5, 0.6) is 0 Å². The van der Waals surface area contributed by atoms with Crippen LogP contribution >= 0.6 is 0 Å². The van der Waals surface area contributed by atoms with Gasteiger partial charge in [0.05, 0.1) is 0 Å². The van der Waals surface area contributed by atoms with Crippen LogP contribution < -0.4 is 5.32 Å². The van der Waals surface area contributed by atoms with Crippen LogP contribution in [-0.2, 0) is 11.2 Å². The zero-order chi connectivity index (χ0) is 15.4. The van der Waals surface area contributed by atoms with Crippen molar-refractivity contribution in [2.24, 2.45) is 11.8 Å². The van der Waals surface area contributed by atoms with E-state index in [1.54, 1.807) is 0 Å². The van der Waals surface area contributed by atoms with E-state index in [1.807, 2.05) is 11.0 Å². The Labute approximate surface area is 128 Å². The van der Waals surface area contributed by atoms with E-state index in [0.717, 1.165) is 31.6 Å². The number of benzene rings is 1. The number of carbonyl (C=O) groups is 1. The number of hydrogen-bond donors (Lipinski definition) is 1. The molecule has 0 saturated heterocycles. The number of para-hydroxylation sites is 1. The van der Waals surface area contributed by atoms with Crippen LogP contribution in [0.3, 0.4) is 0 Å². The zero-order valence-corrected chi connectivity index (χ0v) is 13.7. The molecule has 0 aliphatic carbocycles. The monoisotopic (exact) mass is 288 g/mol. The molecule has 1 amide bonds. The lowest BCUT2D eigenvalue weighted by Crippen LogP contribution is -2.47. The summed E-state index contributed by atoms with van der Waals surface area (Å²) in [5.74, 6) is 1.26. The predicted molar refractivity (Wildman–Crippen MR) is 88.4 cm³/mol. The van der Waals surface area contributed by atoms with Crippen LogP contribution in [0.2, 0.25) is 0 Å². The Morgan fingerprint density at radius 1 is 1.19 bits per heavy atom. The highest BCUT2D eigenvalue weighted by Crippen LogP contribution is 2.25. The Balaban J connectivity index is 2.07. The van der Waals surface area contributed by atoms with E-state index in [9.17, 15) is 4.79 Å². The van der Waals surface area contributed by atoms with E-state index in [1.165, 1.54) is 5.56 Å². The summed E-state index contributed by atoms with van der Waals surface area (Å²) in [7, 11) is 0. The number of rotatable bonds is 5. The second kappa shape index (κ2) is 6.97. The summed E-state index contributed by atoms with van der Waals surface area (Å²) in [5, 5.41) is 3.43. The number of aryl methyl sites for hydroxylation is 1. The molecule has 21 heavy (non-hydrogen) atoms. The molecule has 1 atom stereocenters. The molecule has 0 bridgehead atoms. The minimum absolute atomic E-state index is 0.0719. The molecule has 1 N–H and O–H groups in total. The summed E-state index contributed by atoms with van der Waals surface area (Å²) in [6, 6.07) is 8.23. The van der Waals surface area contributed by atoms with Crippen molar-refractivity contribution in [1.29, 1.82) is 0 Å². The van der Waals surface area contributed by atoms with Crippen molar-refractivity contribution < 1.29 is 4.79 Å². The number of hydrogen-bond acceptors (Lipinski definition) is 2. The predicted octanol–water partition coefficient (Wildman–Crippen LogP) is 3.55. The molecular weight excluding hydrogens is 260 g/mol. The molecule has 0 spiro atoms. The summed E-state index contributed by atoms with van der Waals surface area (Å²) >= 11 is 0. The van der Waals surface area contributed by atoms with Crippen molar-refractivity contribution in [3.8, 4) is 0 Å². The number of nitrogens with one attached hydrogen (secondary N) is 1. The first kappa shape index (κ1) is 15.9. The van der Waals surface area contributed by atoms with Crippen LogP contribution in [0, 0.1) is 11.8 Å². The number of nitrogens with zero attached hydrogens (tertiary/aromatic N) is 1. The molecule has 1 aromatic rings. The van der Waals surface area contributed by atoms with Crippen LogP contribution in [-0.4, -0.2) is 29.9 Å². The van der Waals surface area contributed by atoms with Crippen LogP contribution in [0.1, 0.15) is 39.7 Å². The van der Waals surface area contributed by atoms with Gasteiger partial charge in [-0.1, -0.05) is 45.9 Å². The smallest absolute Gasteiger partial charge is 0.245 e. The SMILES string of the molecule is CC(C)CN(CC(C)C)C(=O)C1CCc2ccccc2N1. The Kier molecular flexibility index (Phi) is 5.27. The molecule has 116 valence electrons. The summed E-state index contributed by atoms with van der Waals surface area (Å²) in [6.45, 7) is 10.4. The fraction of sp³-hybridized carbons (Fsp3) is 0.611. The number of anilines is 1. The maximum atomic E-state index is 12.8. The van der Waals surface area contributed by atoms with Gasteiger partial charge in [-0.25, -0.2) is 0 Å². The van der Waals surface area contributed by atoms with Crippen LogP contribution in [0.4, 0.5) is 5.69 Å². The second-order valence-electron chi connectivity index (χ2n) is 6.92. The van der Waals surface area contributed by atoms with Gasteiger partial charge in [-0.3, -0.25) is 4.79 Å². The third-order valence-corrected chi connectivity index (χ3v) is 3.83. The van der Waals surface area contributed by atoms with Gasteiger partial charge in [0.1, 0.15) is 6.04 Å². The quantitative estimate of drug-likeness (QED) is 0.898. The molecule has 3 nitrogen and oxygen atoms in total. The summed E-state index contributed by atoms with van der Waals surface area (Å²) in [5.41, 5.74) is 2.44. The van der Waals surface area contributed by atoms with Crippen molar-refractivity contribution in [3.05, 3.63) is 29.8 Å². The summed E-state index contributed by atoms with van der Waals surface area (Å²) in [6.07, 6.45) is 1.87. The molecular formula is C18H28N2O. The maximum Gasteiger partial charge on any atom is 0.245 e. The van der Waals surface area contributed by atoms with Gasteiger partial charge in [-0.05, 0) is 36.3 Å². The van der Waals surface area contributed by atoms with E-state index in [-0.39, 0.29) is 11.9 Å². The van der Waals surface area contributed by atoms with Crippen molar-refractivity contribution >= 4 is 11.6 Å². The maximum absolute atomic E-state index is 12.8. The van der Waals surface area contributed by atoms with Gasteiger partial charge in [0, 0.05) is 18.8 Å². The highest BCUT2D eigenvalue weighted by Gasteiger charge is 2.28. The molecule has 1 heterocycles. The first-order valence-electron chi connectivity index (χ1n) is 8.10. The van der Waals surface area contributed by atoms with Gasteiger partial charge >= 0.3 is 0 Å². The molecule has 2 rings (SSSR count). The van der Waals surface area contributed by atoms with E-state index < -0.39 is 0 Å². The Bertz CT molecular complexity index is 472. The van der Waals surface area contributed by atoms with Crippen molar-refractivity contribution in [1.82, 2.24) is 4.90 Å². The van der Waals surface area contributed by atoms with Gasteiger partial charge in [-0.2, -0.15) is 0 Å². The average molecular weight is 288 g/mol. The van der Waals surface area contributed by atoms with Crippen molar-refractivity contribution in [2.75, 3.05) is 18.4 Å². The number of carbonyl (C=O) groups excluding carboxylic acids is 1. The molecule has 3 heteroatoms. The highest BCUT2D eigenvalue weighted by atomic mass is 16.2. The number of fused-ring (bicyclic) bond motifs is 1. The lowest BCUT2D eigenvalue weighted by molar-refractivity contribution is -0.133. The van der Waals surface area contributed by atoms with E-state index >= 15 is 0 Å². The Hall–Kier alpha value is -1.51.